The van der Waals surface area contributed by atoms with Crippen LogP contribution in [-0.4, -0.2) is 62.2 Å². The number of hydrogen-bond donors (Lipinski definition) is 1. The largest absolute Gasteiger partial charge is 0.483 e. The van der Waals surface area contributed by atoms with Gasteiger partial charge in [0.15, 0.2) is 12.7 Å². The Kier molecular flexibility index (Phi) is 5.53. The van der Waals surface area contributed by atoms with Gasteiger partial charge in [0.1, 0.15) is 5.75 Å². The highest BCUT2D eigenvalue weighted by atomic mass is 16.6. The van der Waals surface area contributed by atoms with Crippen LogP contribution in [-0.2, 0) is 19.1 Å². The number of carbonyl (C=O) groups excluding carboxylic acids is 3. The maximum Gasteiger partial charge on any atom is 0.336 e. The van der Waals surface area contributed by atoms with Crippen LogP contribution in [0.2, 0.25) is 0 Å². The summed E-state index contributed by atoms with van der Waals surface area (Å²) in [6.07, 6.45) is -0.809. The predicted molar refractivity (Wildman–Crippen MR) is 78.8 cm³/mol. The first-order valence-corrected chi connectivity index (χ1v) is 7.01. The number of primary amides is 1. The van der Waals surface area contributed by atoms with Crippen LogP contribution in [0.1, 0.15) is 10.4 Å². The van der Waals surface area contributed by atoms with E-state index in [4.69, 9.17) is 15.2 Å². The average molecular weight is 322 g/mol. The number of morpholine rings is 1. The maximum absolute atomic E-state index is 12.6. The van der Waals surface area contributed by atoms with E-state index in [2.05, 4.69) is 4.74 Å². The lowest BCUT2D eigenvalue weighted by Crippen LogP contribution is -2.49. The van der Waals surface area contributed by atoms with E-state index in [9.17, 15) is 14.4 Å². The van der Waals surface area contributed by atoms with E-state index in [0.717, 1.165) is 0 Å². The molecule has 124 valence electrons. The molecule has 2 N–H and O–H groups in total. The van der Waals surface area contributed by atoms with Crippen molar-refractivity contribution < 1.29 is 28.6 Å². The van der Waals surface area contributed by atoms with Gasteiger partial charge in [-0.1, -0.05) is 12.1 Å². The minimum absolute atomic E-state index is 0.0929. The Balaban J connectivity index is 2.13. The zero-order chi connectivity index (χ0) is 16.8. The van der Waals surface area contributed by atoms with Gasteiger partial charge in [-0.15, -0.1) is 0 Å². The first-order valence-electron chi connectivity index (χ1n) is 7.01. The van der Waals surface area contributed by atoms with Crippen LogP contribution in [0.25, 0.3) is 0 Å². The Morgan fingerprint density at radius 1 is 1.35 bits per heavy atom. The summed E-state index contributed by atoms with van der Waals surface area (Å²) in [5, 5.41) is 0. The van der Waals surface area contributed by atoms with Crippen molar-refractivity contribution in [3.05, 3.63) is 29.8 Å². The molecule has 1 aliphatic heterocycles. The molecule has 0 radical (unpaired) electrons. The van der Waals surface area contributed by atoms with Crippen molar-refractivity contribution in [2.24, 2.45) is 5.73 Å². The molecule has 0 spiro atoms. The normalized spacial score (nSPS) is 17.4. The van der Waals surface area contributed by atoms with Crippen LogP contribution >= 0.6 is 0 Å². The number of hydrogen-bond acceptors (Lipinski definition) is 6. The first-order chi connectivity index (χ1) is 11.0. The molecule has 1 saturated heterocycles. The van der Waals surface area contributed by atoms with E-state index in [1.54, 1.807) is 24.3 Å². The molecule has 2 rings (SSSR count). The molecule has 0 aromatic heterocycles. The fourth-order valence-corrected chi connectivity index (χ4v) is 2.20. The molecular weight excluding hydrogens is 304 g/mol. The van der Waals surface area contributed by atoms with Crippen molar-refractivity contribution in [1.82, 2.24) is 4.90 Å². The van der Waals surface area contributed by atoms with Crippen LogP contribution < -0.4 is 10.5 Å². The van der Waals surface area contributed by atoms with Gasteiger partial charge in [0.2, 0.25) is 0 Å². The smallest absolute Gasteiger partial charge is 0.336 e. The Bertz CT molecular complexity index is 603. The summed E-state index contributed by atoms with van der Waals surface area (Å²) < 4.78 is 15.2. The molecule has 8 heteroatoms. The van der Waals surface area contributed by atoms with Gasteiger partial charge in [-0.05, 0) is 12.1 Å². The van der Waals surface area contributed by atoms with Crippen molar-refractivity contribution in [3.8, 4) is 5.75 Å². The third-order valence-electron chi connectivity index (χ3n) is 3.31. The molecule has 0 saturated carbocycles. The monoisotopic (exact) mass is 322 g/mol. The number of rotatable bonds is 5. The summed E-state index contributed by atoms with van der Waals surface area (Å²) in [5.74, 6) is -1.22. The lowest BCUT2D eigenvalue weighted by Gasteiger charge is -2.31. The van der Waals surface area contributed by atoms with E-state index in [1.165, 1.54) is 12.0 Å². The second kappa shape index (κ2) is 7.59. The summed E-state index contributed by atoms with van der Waals surface area (Å²) in [7, 11) is 1.26. The van der Waals surface area contributed by atoms with Crippen LogP contribution in [0, 0.1) is 0 Å². The van der Waals surface area contributed by atoms with Crippen molar-refractivity contribution in [1.29, 1.82) is 0 Å². The lowest BCUT2D eigenvalue weighted by atomic mass is 10.1. The van der Waals surface area contributed by atoms with E-state index >= 15 is 0 Å². The number of methoxy groups -OCH3 is 1. The molecule has 0 aliphatic carbocycles. The van der Waals surface area contributed by atoms with E-state index in [1.807, 2.05) is 0 Å². The van der Waals surface area contributed by atoms with Gasteiger partial charge in [-0.2, -0.15) is 0 Å². The summed E-state index contributed by atoms with van der Waals surface area (Å²) in [6, 6.07) is 6.53. The number of nitrogens with two attached hydrogens (primary N) is 1. The first kappa shape index (κ1) is 16.8. The molecule has 8 nitrogen and oxygen atoms in total. The van der Waals surface area contributed by atoms with E-state index < -0.39 is 18.0 Å². The van der Waals surface area contributed by atoms with Gasteiger partial charge in [-0.3, -0.25) is 9.59 Å². The minimum Gasteiger partial charge on any atom is -0.483 e. The minimum atomic E-state index is -0.809. The van der Waals surface area contributed by atoms with Gasteiger partial charge in [0.05, 0.1) is 25.8 Å². The van der Waals surface area contributed by atoms with Gasteiger partial charge in [-0.25, -0.2) is 4.79 Å². The molecular formula is C15H18N2O6. The zero-order valence-corrected chi connectivity index (χ0v) is 12.7. The number of ether oxygens (including phenoxy) is 3. The fraction of sp³-hybridized carbons (Fsp3) is 0.400. The SMILES string of the molecule is COC(=O)C1CN(C(=O)c2ccccc2OCC(N)=O)CCO1. The molecule has 2 amide bonds. The third kappa shape index (κ3) is 4.19. The summed E-state index contributed by atoms with van der Waals surface area (Å²) in [4.78, 5) is 36.5. The summed E-state index contributed by atoms with van der Waals surface area (Å²) in [6.45, 7) is 0.347. The standard InChI is InChI=1S/C15H18N2O6/c1-21-15(20)12-8-17(6-7-22-12)14(19)10-4-2-3-5-11(10)23-9-13(16)18/h2-5,12H,6-9H2,1H3,(H2,16,18). The van der Waals surface area contributed by atoms with Crippen molar-refractivity contribution in [2.75, 3.05) is 33.4 Å². The number of carbonyl (C=O) groups is 3. The summed E-state index contributed by atoms with van der Waals surface area (Å²) in [5.41, 5.74) is 5.34. The highest BCUT2D eigenvalue weighted by molar-refractivity contribution is 5.97. The molecule has 1 aromatic rings. The topological polar surface area (TPSA) is 108 Å². The van der Waals surface area contributed by atoms with Crippen LogP contribution in [0.4, 0.5) is 0 Å². The zero-order valence-electron chi connectivity index (χ0n) is 12.7. The molecule has 1 aromatic carbocycles. The fourth-order valence-electron chi connectivity index (χ4n) is 2.20. The summed E-state index contributed by atoms with van der Waals surface area (Å²) >= 11 is 0. The second-order valence-electron chi connectivity index (χ2n) is 4.88. The molecule has 1 atom stereocenters. The Morgan fingerprint density at radius 2 is 2.09 bits per heavy atom. The third-order valence-corrected chi connectivity index (χ3v) is 3.31. The molecule has 1 fully saturated rings. The molecule has 23 heavy (non-hydrogen) atoms. The number of nitrogens with zero attached hydrogens (tertiary/aromatic N) is 1. The van der Waals surface area contributed by atoms with Crippen molar-refractivity contribution >= 4 is 17.8 Å². The highest BCUT2D eigenvalue weighted by Crippen LogP contribution is 2.21. The average Bonchev–Trinajstić information content (AvgIpc) is 2.59. The number of benzene rings is 1. The van der Waals surface area contributed by atoms with Gasteiger partial charge in [0, 0.05) is 6.54 Å². The van der Waals surface area contributed by atoms with Crippen LogP contribution in [0.3, 0.4) is 0 Å². The Labute approximate surface area is 133 Å². The number of esters is 1. The number of amides is 2. The van der Waals surface area contributed by atoms with Crippen molar-refractivity contribution in [2.45, 2.75) is 6.10 Å². The molecule has 1 unspecified atom stereocenters. The van der Waals surface area contributed by atoms with Crippen molar-refractivity contribution in [3.63, 3.8) is 0 Å². The van der Waals surface area contributed by atoms with E-state index in [-0.39, 0.29) is 31.4 Å². The Morgan fingerprint density at radius 3 is 2.78 bits per heavy atom. The van der Waals surface area contributed by atoms with Gasteiger partial charge in [0.25, 0.3) is 11.8 Å². The quantitative estimate of drug-likeness (QED) is 0.737. The maximum atomic E-state index is 12.6. The molecule has 1 aliphatic rings. The van der Waals surface area contributed by atoms with Crippen LogP contribution in [0.15, 0.2) is 24.3 Å². The van der Waals surface area contributed by atoms with Gasteiger partial charge >= 0.3 is 5.97 Å². The highest BCUT2D eigenvalue weighted by Gasteiger charge is 2.31. The number of para-hydroxylation sites is 1. The van der Waals surface area contributed by atoms with Crippen LogP contribution in [0.5, 0.6) is 5.75 Å². The second-order valence-corrected chi connectivity index (χ2v) is 4.88. The van der Waals surface area contributed by atoms with E-state index in [0.29, 0.717) is 12.1 Å². The molecule has 1 heterocycles. The van der Waals surface area contributed by atoms with Gasteiger partial charge < -0.3 is 24.8 Å². The predicted octanol–water partition coefficient (Wildman–Crippen LogP) is -0.435. The Hall–Kier alpha value is -2.61. The molecule has 0 bridgehead atoms. The lowest BCUT2D eigenvalue weighted by molar-refractivity contribution is -0.158.